The van der Waals surface area contributed by atoms with E-state index in [-0.39, 0.29) is 6.54 Å². The lowest BCUT2D eigenvalue weighted by Crippen LogP contribution is -2.42. The van der Waals surface area contributed by atoms with Crippen LogP contribution in [-0.2, 0) is 15.9 Å². The van der Waals surface area contributed by atoms with E-state index in [1.807, 2.05) is 24.3 Å². The van der Waals surface area contributed by atoms with E-state index in [1.165, 1.54) is 30.5 Å². The van der Waals surface area contributed by atoms with Crippen molar-refractivity contribution in [2.75, 3.05) is 25.7 Å². The quantitative estimate of drug-likeness (QED) is 0.506. The summed E-state index contributed by atoms with van der Waals surface area (Å²) in [5.74, 6) is 0.307. The third kappa shape index (κ3) is 2.87. The Bertz CT molecular complexity index is 1060. The number of carbonyl (C=O) groups excluding carboxylic acids is 2. The van der Waals surface area contributed by atoms with Crippen molar-refractivity contribution >= 4 is 49.4 Å². The number of thiophene rings is 1. The topological polar surface area (TPSA) is 85.3 Å². The van der Waals surface area contributed by atoms with Crippen molar-refractivity contribution in [1.29, 1.82) is 0 Å². The summed E-state index contributed by atoms with van der Waals surface area (Å²) in [4.78, 5) is 25.4. The van der Waals surface area contributed by atoms with Gasteiger partial charge in [-0.05, 0) is 11.6 Å². The van der Waals surface area contributed by atoms with E-state index in [0.717, 1.165) is 25.7 Å². The fourth-order valence-electron chi connectivity index (χ4n) is 3.47. The zero-order valence-corrected chi connectivity index (χ0v) is 15.5. The maximum Gasteiger partial charge on any atom is 0.513 e. The van der Waals surface area contributed by atoms with Gasteiger partial charge in [0.1, 0.15) is 0 Å². The molecule has 2 aromatic carbocycles. The van der Waals surface area contributed by atoms with Gasteiger partial charge in [-0.15, -0.1) is 11.3 Å². The number of hydrogen-bond acceptors (Lipinski definition) is 7. The van der Waals surface area contributed by atoms with Crippen LogP contribution in [0, 0.1) is 0 Å². The first kappa shape index (κ1) is 17.6. The van der Waals surface area contributed by atoms with Crippen LogP contribution in [-0.4, -0.2) is 44.2 Å². The molecule has 0 spiro atoms. The molecule has 0 radical (unpaired) electrons. The summed E-state index contributed by atoms with van der Waals surface area (Å²) in [6, 6.07) is 9.44. The number of carbonyl (C=O) groups is 2. The number of aliphatic hydroxyl groups is 1. The third-order valence-electron chi connectivity index (χ3n) is 4.58. The van der Waals surface area contributed by atoms with Gasteiger partial charge in [0.05, 0.1) is 37.3 Å². The normalized spacial score (nSPS) is 16.3. The van der Waals surface area contributed by atoms with Gasteiger partial charge in [-0.3, -0.25) is 4.90 Å². The minimum atomic E-state index is -0.839. The number of rotatable bonds is 1. The van der Waals surface area contributed by atoms with Crippen LogP contribution < -0.4 is 9.64 Å². The maximum absolute atomic E-state index is 12.3. The molecule has 0 saturated heterocycles. The molecule has 1 aromatic heterocycles. The highest BCUT2D eigenvalue weighted by Gasteiger charge is 2.32. The largest absolute Gasteiger partial charge is 0.513 e. The number of β-amino-alcohol motifs (C(OH)–C–C–N with tert-alkyl or cyclic N) is 1. The predicted molar refractivity (Wildman–Crippen MR) is 102 cm³/mol. The van der Waals surface area contributed by atoms with E-state index in [9.17, 15) is 14.7 Å². The molecule has 8 heteroatoms. The van der Waals surface area contributed by atoms with Crippen LogP contribution >= 0.6 is 11.3 Å². The first-order valence-corrected chi connectivity index (χ1v) is 9.11. The van der Waals surface area contributed by atoms with Gasteiger partial charge < -0.3 is 19.3 Å². The molecule has 1 aliphatic heterocycles. The van der Waals surface area contributed by atoms with E-state index in [4.69, 9.17) is 9.47 Å². The van der Waals surface area contributed by atoms with E-state index in [0.29, 0.717) is 17.9 Å². The molecule has 27 heavy (non-hydrogen) atoms. The molecule has 140 valence electrons. The molecule has 1 N–H and O–H groups in total. The molecule has 1 atom stereocenters. The number of methoxy groups -OCH3 is 2. The molecule has 1 aliphatic rings. The van der Waals surface area contributed by atoms with Gasteiger partial charge in [-0.2, -0.15) is 0 Å². The second-order valence-electron chi connectivity index (χ2n) is 6.17. The molecule has 1 amide bonds. The van der Waals surface area contributed by atoms with Gasteiger partial charge in [0.15, 0.2) is 5.75 Å². The van der Waals surface area contributed by atoms with Gasteiger partial charge in [0.2, 0.25) is 0 Å². The number of anilines is 1. The van der Waals surface area contributed by atoms with Crippen molar-refractivity contribution in [3.05, 3.63) is 35.9 Å². The fraction of sp³-hybridized carbons (Fsp3) is 0.263. The molecule has 7 nitrogen and oxygen atoms in total. The Hall–Kier alpha value is -2.84. The fourth-order valence-corrected chi connectivity index (χ4v) is 4.65. The van der Waals surface area contributed by atoms with Crippen LogP contribution in [0.5, 0.6) is 5.75 Å². The Morgan fingerprint density at radius 1 is 1.22 bits per heavy atom. The van der Waals surface area contributed by atoms with E-state index >= 15 is 0 Å². The van der Waals surface area contributed by atoms with Crippen molar-refractivity contribution < 1.29 is 28.9 Å². The highest BCUT2D eigenvalue weighted by molar-refractivity contribution is 7.26. The van der Waals surface area contributed by atoms with Crippen LogP contribution in [0.4, 0.5) is 15.3 Å². The Morgan fingerprint density at radius 2 is 2.00 bits per heavy atom. The summed E-state index contributed by atoms with van der Waals surface area (Å²) in [6.07, 6.45) is -1.75. The predicted octanol–water partition coefficient (Wildman–Crippen LogP) is 3.69. The monoisotopic (exact) mass is 387 g/mol. The molecular weight excluding hydrogens is 370 g/mol. The lowest BCUT2D eigenvalue weighted by molar-refractivity contribution is 0.122. The lowest BCUT2D eigenvalue weighted by atomic mass is 9.94. The Labute approximate surface area is 158 Å². The smallest absolute Gasteiger partial charge is 0.452 e. The average molecular weight is 387 g/mol. The lowest BCUT2D eigenvalue weighted by Gasteiger charge is -2.32. The summed E-state index contributed by atoms with van der Waals surface area (Å²) in [7, 11) is 2.52. The Morgan fingerprint density at radius 3 is 2.74 bits per heavy atom. The number of ether oxygens (including phenoxy) is 3. The standard InChI is InChI=1S/C19H17NO6S/c1-24-18(22)20-9-10(21)7-12-13(20)8-14(26-19(23)25-2)17-16(12)11-5-3-4-6-15(11)27-17/h3-6,8,10,21H,7,9H2,1-2H3. The van der Waals surface area contributed by atoms with Crippen molar-refractivity contribution in [1.82, 2.24) is 0 Å². The number of nitrogens with zero attached hydrogens (tertiary/aromatic N) is 1. The summed E-state index contributed by atoms with van der Waals surface area (Å²) >= 11 is 1.48. The molecule has 0 saturated carbocycles. The molecule has 0 bridgehead atoms. The highest BCUT2D eigenvalue weighted by atomic mass is 32.1. The van der Waals surface area contributed by atoms with Gasteiger partial charge in [-0.1, -0.05) is 18.2 Å². The first-order valence-electron chi connectivity index (χ1n) is 8.30. The average Bonchev–Trinajstić information content (AvgIpc) is 3.07. The van der Waals surface area contributed by atoms with Crippen molar-refractivity contribution in [2.45, 2.75) is 12.5 Å². The van der Waals surface area contributed by atoms with E-state index < -0.39 is 18.4 Å². The zero-order chi connectivity index (χ0) is 19.1. The molecule has 3 aromatic rings. The van der Waals surface area contributed by atoms with Crippen LogP contribution in [0.15, 0.2) is 30.3 Å². The summed E-state index contributed by atoms with van der Waals surface area (Å²) < 4.78 is 16.6. The number of benzene rings is 2. The molecular formula is C19H17NO6S. The maximum atomic E-state index is 12.3. The summed E-state index contributed by atoms with van der Waals surface area (Å²) in [6.45, 7) is 0.102. The van der Waals surface area contributed by atoms with Crippen molar-refractivity contribution in [3.8, 4) is 5.75 Å². The first-order chi connectivity index (χ1) is 13.0. The number of hydrogen-bond donors (Lipinski definition) is 1. The Kier molecular flexibility index (Phi) is 4.37. The Balaban J connectivity index is 2.05. The van der Waals surface area contributed by atoms with Crippen molar-refractivity contribution in [3.63, 3.8) is 0 Å². The summed E-state index contributed by atoms with van der Waals surface area (Å²) in [5.41, 5.74) is 1.38. The summed E-state index contributed by atoms with van der Waals surface area (Å²) in [5, 5.41) is 12.2. The second kappa shape index (κ2) is 6.71. The number of amides is 1. The minimum absolute atomic E-state index is 0.102. The van der Waals surface area contributed by atoms with Crippen LogP contribution in [0.2, 0.25) is 0 Å². The molecule has 0 aliphatic carbocycles. The third-order valence-corrected chi connectivity index (χ3v) is 5.76. The highest BCUT2D eigenvalue weighted by Crippen LogP contribution is 2.47. The molecule has 1 unspecified atom stereocenters. The van der Waals surface area contributed by atoms with E-state index in [1.54, 1.807) is 6.07 Å². The van der Waals surface area contributed by atoms with Crippen LogP contribution in [0.1, 0.15) is 5.56 Å². The van der Waals surface area contributed by atoms with Gasteiger partial charge in [0, 0.05) is 28.0 Å². The zero-order valence-electron chi connectivity index (χ0n) is 14.7. The minimum Gasteiger partial charge on any atom is -0.452 e. The molecule has 0 fully saturated rings. The molecule has 2 heterocycles. The van der Waals surface area contributed by atoms with Gasteiger partial charge in [0.25, 0.3) is 0 Å². The van der Waals surface area contributed by atoms with Gasteiger partial charge >= 0.3 is 12.2 Å². The SMILES string of the molecule is COC(=O)Oc1cc2c(c3c1sc1ccccc13)CC(O)CN2C(=O)OC. The van der Waals surface area contributed by atoms with Crippen molar-refractivity contribution in [2.24, 2.45) is 0 Å². The number of fused-ring (bicyclic) bond motifs is 5. The van der Waals surface area contributed by atoms with Crippen LogP contribution in [0.3, 0.4) is 0 Å². The van der Waals surface area contributed by atoms with Gasteiger partial charge in [-0.25, -0.2) is 9.59 Å². The second-order valence-corrected chi connectivity index (χ2v) is 7.22. The van der Waals surface area contributed by atoms with E-state index in [2.05, 4.69) is 4.74 Å². The number of aliphatic hydroxyl groups excluding tert-OH is 1. The van der Waals surface area contributed by atoms with Crippen LogP contribution in [0.25, 0.3) is 20.2 Å². The molecule has 4 rings (SSSR count).